The number of carbonyl (C=O) groups is 3. The number of benzene rings is 1. The van der Waals surface area contributed by atoms with Gasteiger partial charge >= 0.3 is 0 Å². The second kappa shape index (κ2) is 13.9. The third kappa shape index (κ3) is 5.76. The molecule has 0 aromatic heterocycles. The zero-order chi connectivity index (χ0) is 32.3. The van der Waals surface area contributed by atoms with Gasteiger partial charge in [0.1, 0.15) is 17.4 Å². The van der Waals surface area contributed by atoms with E-state index in [2.05, 4.69) is 4.90 Å². The molecule has 1 N–H and O–H groups in total. The number of unbranched alkanes of at least 4 members (excludes halogenated alkanes) is 2. The summed E-state index contributed by atoms with van der Waals surface area (Å²) in [6.07, 6.45) is 10.3. The van der Waals surface area contributed by atoms with Gasteiger partial charge in [0.2, 0.25) is 17.7 Å². The Balaban J connectivity index is 1.35. The number of ether oxygens (including phenoxy) is 3. The van der Waals surface area contributed by atoms with E-state index in [9.17, 15) is 19.5 Å². The van der Waals surface area contributed by atoms with Gasteiger partial charge in [-0.15, -0.1) is 0 Å². The number of rotatable bonds is 12. The summed E-state index contributed by atoms with van der Waals surface area (Å²) in [7, 11) is 0. The molecule has 5 aliphatic rings. The lowest BCUT2D eigenvalue weighted by molar-refractivity contribution is -0.152. The lowest BCUT2D eigenvalue weighted by atomic mass is 9.73. The number of anilines is 1. The molecule has 3 amide bonds. The summed E-state index contributed by atoms with van der Waals surface area (Å²) in [6, 6.07) is 6.57. The standard InChI is InChI=1S/C35H48N4O7/c1-3-34-14-8-18-38(26-10-12-27(13-11-26)45-4-2)31(41)28(34)29-32(42)39(17-6-5-7-23-40)30-33(43)37(16-9-15-35(29,30)46-34)20-19-36-21-24-44-25-22-36/h8-15,28-30,40H,3-7,16-25H2,1-2H3/t28-,29+,30?,34+,35+/m1/s1. The summed E-state index contributed by atoms with van der Waals surface area (Å²) in [6.45, 7) is 9.91. The van der Waals surface area contributed by atoms with Gasteiger partial charge in [0.05, 0.1) is 37.3 Å². The van der Waals surface area contributed by atoms with Crippen LogP contribution in [0.4, 0.5) is 5.69 Å². The number of nitrogens with zero attached hydrogens (tertiary/aromatic N) is 4. The van der Waals surface area contributed by atoms with Gasteiger partial charge in [-0.3, -0.25) is 19.3 Å². The summed E-state index contributed by atoms with van der Waals surface area (Å²) in [5.74, 6) is -1.47. The molecule has 1 aromatic carbocycles. The van der Waals surface area contributed by atoms with Gasteiger partial charge in [0.15, 0.2) is 0 Å². The smallest absolute Gasteiger partial charge is 0.249 e. The van der Waals surface area contributed by atoms with Gasteiger partial charge in [0.25, 0.3) is 0 Å². The molecule has 0 saturated carbocycles. The summed E-state index contributed by atoms with van der Waals surface area (Å²) in [5, 5.41) is 9.37. The van der Waals surface area contributed by atoms with E-state index in [0.717, 1.165) is 37.5 Å². The molecule has 11 nitrogen and oxygen atoms in total. The fraction of sp³-hybridized carbons (Fsp3) is 0.629. The highest BCUT2D eigenvalue weighted by Gasteiger charge is 2.75. The minimum atomic E-state index is -1.28. The van der Waals surface area contributed by atoms with Crippen LogP contribution in [-0.2, 0) is 23.9 Å². The van der Waals surface area contributed by atoms with Crippen LogP contribution in [0.15, 0.2) is 48.6 Å². The first-order valence-corrected chi connectivity index (χ1v) is 17.0. The third-order valence-electron chi connectivity index (χ3n) is 10.3. The van der Waals surface area contributed by atoms with E-state index in [4.69, 9.17) is 14.2 Å². The zero-order valence-electron chi connectivity index (χ0n) is 27.1. The van der Waals surface area contributed by atoms with Crippen molar-refractivity contribution in [3.8, 4) is 5.75 Å². The Kier molecular flexibility index (Phi) is 9.84. The predicted octanol–water partition coefficient (Wildman–Crippen LogP) is 2.24. The number of aliphatic hydroxyl groups excluding tert-OH is 1. The molecule has 11 heteroatoms. The van der Waals surface area contributed by atoms with E-state index in [1.54, 1.807) is 9.80 Å². The van der Waals surface area contributed by atoms with Crippen molar-refractivity contribution < 1.29 is 33.7 Å². The number of aliphatic hydroxyl groups is 1. The molecule has 3 saturated heterocycles. The molecule has 5 heterocycles. The number of fused-ring (bicyclic) bond motifs is 2. The lowest BCUT2D eigenvalue weighted by Gasteiger charge is -2.39. The average molecular weight is 637 g/mol. The van der Waals surface area contributed by atoms with Crippen molar-refractivity contribution in [2.45, 2.75) is 56.8 Å². The maximum absolute atomic E-state index is 14.7. The molecule has 1 unspecified atom stereocenters. The van der Waals surface area contributed by atoms with Crippen molar-refractivity contribution in [1.29, 1.82) is 0 Å². The molecule has 46 heavy (non-hydrogen) atoms. The van der Waals surface area contributed by atoms with Gasteiger partial charge in [-0.25, -0.2) is 0 Å². The quantitative estimate of drug-likeness (QED) is 0.275. The first-order valence-electron chi connectivity index (χ1n) is 17.0. The molecule has 6 rings (SSSR count). The Bertz CT molecular complexity index is 1330. The number of morpholine rings is 1. The van der Waals surface area contributed by atoms with Crippen LogP contribution < -0.4 is 9.64 Å². The maximum Gasteiger partial charge on any atom is 0.249 e. The molecular formula is C35H48N4O7. The minimum absolute atomic E-state index is 0.0767. The van der Waals surface area contributed by atoms with Crippen LogP contribution >= 0.6 is 0 Å². The Morgan fingerprint density at radius 1 is 0.870 bits per heavy atom. The van der Waals surface area contributed by atoms with Crippen molar-refractivity contribution >= 4 is 23.4 Å². The number of carbonyl (C=O) groups excluding carboxylic acids is 3. The van der Waals surface area contributed by atoms with E-state index in [1.807, 2.05) is 67.3 Å². The minimum Gasteiger partial charge on any atom is -0.494 e. The van der Waals surface area contributed by atoms with Crippen LogP contribution in [0.2, 0.25) is 0 Å². The molecule has 0 aliphatic carbocycles. The number of amides is 3. The second-order valence-electron chi connectivity index (χ2n) is 12.9. The van der Waals surface area contributed by atoms with E-state index in [0.29, 0.717) is 65.3 Å². The van der Waals surface area contributed by atoms with Crippen LogP contribution in [0.1, 0.15) is 39.5 Å². The van der Waals surface area contributed by atoms with Crippen molar-refractivity contribution in [2.24, 2.45) is 11.8 Å². The van der Waals surface area contributed by atoms with E-state index < -0.39 is 29.1 Å². The highest BCUT2D eigenvalue weighted by Crippen LogP contribution is 2.58. The number of hydrogen-bond donors (Lipinski definition) is 1. The molecular weight excluding hydrogens is 588 g/mol. The Labute approximate surface area is 271 Å². The summed E-state index contributed by atoms with van der Waals surface area (Å²) in [4.78, 5) is 51.5. The zero-order valence-corrected chi connectivity index (χ0v) is 27.1. The van der Waals surface area contributed by atoms with Crippen LogP contribution in [-0.4, -0.2) is 127 Å². The topological polar surface area (TPSA) is 112 Å². The highest BCUT2D eigenvalue weighted by molar-refractivity contribution is 6.04. The lowest BCUT2D eigenvalue weighted by Crippen LogP contribution is -2.57. The summed E-state index contributed by atoms with van der Waals surface area (Å²) < 4.78 is 18.2. The Hall–Kier alpha value is -3.25. The van der Waals surface area contributed by atoms with Gasteiger partial charge in [-0.1, -0.05) is 31.2 Å². The molecule has 0 radical (unpaired) electrons. The largest absolute Gasteiger partial charge is 0.494 e. The van der Waals surface area contributed by atoms with E-state index in [-0.39, 0.29) is 24.3 Å². The average Bonchev–Trinajstić information content (AvgIpc) is 3.36. The number of likely N-dealkylation sites (tertiary alicyclic amines) is 1. The second-order valence-corrected chi connectivity index (χ2v) is 12.9. The van der Waals surface area contributed by atoms with Crippen LogP contribution in [0.25, 0.3) is 0 Å². The van der Waals surface area contributed by atoms with Gasteiger partial charge in [-0.2, -0.15) is 0 Å². The summed E-state index contributed by atoms with van der Waals surface area (Å²) >= 11 is 0. The van der Waals surface area contributed by atoms with Crippen LogP contribution in [0, 0.1) is 11.8 Å². The highest BCUT2D eigenvalue weighted by atomic mass is 16.5. The first-order chi connectivity index (χ1) is 22.4. The molecule has 5 aliphatic heterocycles. The fourth-order valence-corrected chi connectivity index (χ4v) is 8.03. The predicted molar refractivity (Wildman–Crippen MR) is 172 cm³/mol. The van der Waals surface area contributed by atoms with Crippen LogP contribution in [0.5, 0.6) is 5.75 Å². The van der Waals surface area contributed by atoms with E-state index in [1.165, 1.54) is 0 Å². The maximum atomic E-state index is 14.7. The molecule has 3 fully saturated rings. The molecule has 1 spiro atoms. The molecule has 250 valence electrons. The monoisotopic (exact) mass is 636 g/mol. The Morgan fingerprint density at radius 3 is 2.35 bits per heavy atom. The van der Waals surface area contributed by atoms with Crippen molar-refractivity contribution in [3.05, 3.63) is 48.6 Å². The SMILES string of the molecule is CCOc1ccc(N2CC=C[C@]3(CC)O[C@]45C=CCN(CCN6CCOCC6)C(=O)C4N(CCCCCO)C(=O)[C@@H]5[C@@H]3C2=O)cc1. The van der Waals surface area contributed by atoms with E-state index >= 15 is 0 Å². The number of hydrogen-bond acceptors (Lipinski definition) is 8. The van der Waals surface area contributed by atoms with Crippen molar-refractivity contribution in [3.63, 3.8) is 0 Å². The Morgan fingerprint density at radius 2 is 1.63 bits per heavy atom. The first kappa shape index (κ1) is 32.7. The molecule has 0 bridgehead atoms. The third-order valence-corrected chi connectivity index (χ3v) is 10.3. The van der Waals surface area contributed by atoms with Gasteiger partial charge < -0.3 is 34.0 Å². The fourth-order valence-electron chi connectivity index (χ4n) is 8.03. The van der Waals surface area contributed by atoms with Crippen molar-refractivity contribution in [1.82, 2.24) is 14.7 Å². The molecule has 1 aromatic rings. The van der Waals surface area contributed by atoms with Gasteiger partial charge in [-0.05, 0) is 56.9 Å². The normalized spacial score (nSPS) is 31.2. The van der Waals surface area contributed by atoms with Crippen LogP contribution in [0.3, 0.4) is 0 Å². The summed E-state index contributed by atoms with van der Waals surface area (Å²) in [5.41, 5.74) is -1.59. The molecule has 5 atom stereocenters. The van der Waals surface area contributed by atoms with Gasteiger partial charge in [0, 0.05) is 58.1 Å². The van der Waals surface area contributed by atoms with Crippen molar-refractivity contribution in [2.75, 3.05) is 77.1 Å².